The summed E-state index contributed by atoms with van der Waals surface area (Å²) in [6.07, 6.45) is 0. The first-order chi connectivity index (χ1) is 13.4. The highest BCUT2D eigenvalue weighted by Gasteiger charge is 2.24. The lowest BCUT2D eigenvalue weighted by molar-refractivity contribution is 0.175. The van der Waals surface area contributed by atoms with Gasteiger partial charge < -0.3 is 4.74 Å². The predicted molar refractivity (Wildman–Crippen MR) is 116 cm³/mol. The Morgan fingerprint density at radius 2 is 1.79 bits per heavy atom. The van der Waals surface area contributed by atoms with E-state index in [-0.39, 0.29) is 4.90 Å². The molecule has 0 bridgehead atoms. The van der Waals surface area contributed by atoms with Gasteiger partial charge in [0.2, 0.25) is 10.0 Å². The van der Waals surface area contributed by atoms with Gasteiger partial charge in [-0.15, -0.1) is 0 Å². The zero-order chi connectivity index (χ0) is 20.1. The minimum atomic E-state index is -3.41. The van der Waals surface area contributed by atoms with Gasteiger partial charge in [0.25, 0.3) is 0 Å². The summed E-state index contributed by atoms with van der Waals surface area (Å²) in [7, 11) is -0.347. The van der Waals surface area contributed by atoms with Crippen LogP contribution < -0.4 is 4.74 Å². The third-order valence-corrected chi connectivity index (χ3v) is 7.80. The van der Waals surface area contributed by atoms with Crippen LogP contribution in [-0.2, 0) is 10.0 Å². The lowest BCUT2D eigenvalue weighted by atomic mass is 10.0. The molecule has 0 saturated carbocycles. The molecule has 0 radical (unpaired) electrons. The summed E-state index contributed by atoms with van der Waals surface area (Å²) in [6.45, 7) is 4.58. The number of hydrogen-bond donors (Lipinski definition) is 0. The molecule has 2 aromatic rings. The Labute approximate surface area is 172 Å². The predicted octanol–water partition coefficient (Wildman–Crippen LogP) is 3.41. The highest BCUT2D eigenvalue weighted by molar-refractivity contribution is 7.99. The molecule has 0 aliphatic carbocycles. The van der Waals surface area contributed by atoms with Gasteiger partial charge in [-0.05, 0) is 36.8 Å². The molecular formula is C21H28N2O3S2. The van der Waals surface area contributed by atoms with Crippen LogP contribution in [0.1, 0.15) is 17.2 Å². The van der Waals surface area contributed by atoms with E-state index in [1.807, 2.05) is 11.8 Å². The summed E-state index contributed by atoms with van der Waals surface area (Å²) >= 11 is 2.00. The second kappa shape index (κ2) is 9.31. The van der Waals surface area contributed by atoms with Crippen molar-refractivity contribution in [2.75, 3.05) is 45.3 Å². The van der Waals surface area contributed by atoms with Crippen LogP contribution in [0.15, 0.2) is 53.4 Å². The smallest absolute Gasteiger partial charge is 0.242 e. The molecule has 152 valence electrons. The molecule has 0 amide bonds. The summed E-state index contributed by atoms with van der Waals surface area (Å²) in [5.74, 6) is 2.93. The summed E-state index contributed by atoms with van der Waals surface area (Å²) in [5, 5.41) is 0. The van der Waals surface area contributed by atoms with E-state index in [1.165, 1.54) is 29.5 Å². The highest BCUT2D eigenvalue weighted by Crippen LogP contribution is 2.29. The van der Waals surface area contributed by atoms with Crippen LogP contribution in [0.2, 0.25) is 0 Å². The number of nitrogens with zero attached hydrogens (tertiary/aromatic N) is 2. The van der Waals surface area contributed by atoms with E-state index in [2.05, 4.69) is 36.1 Å². The van der Waals surface area contributed by atoms with Gasteiger partial charge in [0.1, 0.15) is 12.4 Å². The molecule has 1 aliphatic rings. The zero-order valence-corrected chi connectivity index (χ0v) is 18.3. The van der Waals surface area contributed by atoms with Crippen molar-refractivity contribution in [3.05, 3.63) is 59.7 Å². The molecule has 0 aromatic heterocycles. The van der Waals surface area contributed by atoms with Gasteiger partial charge >= 0.3 is 0 Å². The maximum Gasteiger partial charge on any atom is 0.242 e. The van der Waals surface area contributed by atoms with Crippen molar-refractivity contribution in [1.82, 2.24) is 9.21 Å². The first-order valence-electron chi connectivity index (χ1n) is 9.41. The largest absolute Gasteiger partial charge is 0.492 e. The Morgan fingerprint density at radius 1 is 1.11 bits per heavy atom. The van der Waals surface area contributed by atoms with Crippen molar-refractivity contribution in [3.63, 3.8) is 0 Å². The van der Waals surface area contributed by atoms with Crippen LogP contribution >= 0.6 is 11.8 Å². The van der Waals surface area contributed by atoms with Crippen LogP contribution in [-0.4, -0.2) is 62.9 Å². The van der Waals surface area contributed by atoms with E-state index in [9.17, 15) is 8.42 Å². The molecule has 0 spiro atoms. The SMILES string of the molecule is Cc1ccc(C2CSCCN2CCOc2ccc(S(=O)(=O)N(C)C)cc2)cc1. The third kappa shape index (κ3) is 5.08. The van der Waals surface area contributed by atoms with Gasteiger partial charge in [0.15, 0.2) is 0 Å². The number of rotatable bonds is 7. The molecule has 1 heterocycles. The van der Waals surface area contributed by atoms with Crippen molar-refractivity contribution in [3.8, 4) is 5.75 Å². The monoisotopic (exact) mass is 420 g/mol. The fourth-order valence-electron chi connectivity index (χ4n) is 3.20. The fourth-order valence-corrected chi connectivity index (χ4v) is 5.26. The third-order valence-electron chi connectivity index (χ3n) is 4.95. The summed E-state index contributed by atoms with van der Waals surface area (Å²) in [4.78, 5) is 2.75. The zero-order valence-electron chi connectivity index (χ0n) is 16.7. The lowest BCUT2D eigenvalue weighted by Gasteiger charge is -2.35. The molecule has 1 atom stereocenters. The average molecular weight is 421 g/mol. The van der Waals surface area contributed by atoms with Crippen LogP contribution in [0.4, 0.5) is 0 Å². The molecule has 1 saturated heterocycles. The quantitative estimate of drug-likeness (QED) is 0.687. The Balaban J connectivity index is 1.58. The van der Waals surface area contributed by atoms with E-state index in [0.29, 0.717) is 18.4 Å². The Hall–Kier alpha value is -1.54. The number of aryl methyl sites for hydroxylation is 1. The Kier molecular flexibility index (Phi) is 7.04. The fraction of sp³-hybridized carbons (Fsp3) is 0.429. The average Bonchev–Trinajstić information content (AvgIpc) is 2.69. The topological polar surface area (TPSA) is 49.9 Å². The maximum absolute atomic E-state index is 12.1. The van der Waals surface area contributed by atoms with E-state index >= 15 is 0 Å². The van der Waals surface area contributed by atoms with E-state index in [1.54, 1.807) is 24.3 Å². The van der Waals surface area contributed by atoms with Gasteiger partial charge in [-0.3, -0.25) is 4.90 Å². The second-order valence-electron chi connectivity index (χ2n) is 7.14. The highest BCUT2D eigenvalue weighted by atomic mass is 32.2. The van der Waals surface area contributed by atoms with Crippen molar-refractivity contribution in [2.45, 2.75) is 17.9 Å². The first kappa shape index (κ1) is 21.2. The molecule has 5 nitrogen and oxygen atoms in total. The minimum Gasteiger partial charge on any atom is -0.492 e. The van der Waals surface area contributed by atoms with Crippen LogP contribution in [0.3, 0.4) is 0 Å². The molecule has 1 aliphatic heterocycles. The van der Waals surface area contributed by atoms with Gasteiger partial charge in [-0.2, -0.15) is 11.8 Å². The maximum atomic E-state index is 12.1. The van der Waals surface area contributed by atoms with Crippen LogP contribution in [0.25, 0.3) is 0 Å². The van der Waals surface area contributed by atoms with E-state index < -0.39 is 10.0 Å². The van der Waals surface area contributed by atoms with Gasteiger partial charge in [0.05, 0.1) is 4.90 Å². The molecule has 28 heavy (non-hydrogen) atoms. The number of ether oxygens (including phenoxy) is 1. The molecule has 2 aromatic carbocycles. The van der Waals surface area contributed by atoms with Crippen LogP contribution in [0.5, 0.6) is 5.75 Å². The van der Waals surface area contributed by atoms with E-state index in [0.717, 1.165) is 24.6 Å². The number of benzene rings is 2. The van der Waals surface area contributed by atoms with Crippen molar-refractivity contribution in [2.24, 2.45) is 0 Å². The van der Waals surface area contributed by atoms with Crippen molar-refractivity contribution < 1.29 is 13.2 Å². The Bertz CT molecular complexity index is 866. The number of thioether (sulfide) groups is 1. The molecular weight excluding hydrogens is 392 g/mol. The molecule has 3 rings (SSSR count). The van der Waals surface area contributed by atoms with Gasteiger partial charge in [-0.25, -0.2) is 12.7 Å². The number of sulfonamides is 1. The molecule has 0 N–H and O–H groups in total. The second-order valence-corrected chi connectivity index (χ2v) is 10.4. The number of hydrogen-bond acceptors (Lipinski definition) is 5. The lowest BCUT2D eigenvalue weighted by Crippen LogP contribution is -2.38. The van der Waals surface area contributed by atoms with Crippen molar-refractivity contribution in [1.29, 1.82) is 0 Å². The Morgan fingerprint density at radius 3 is 2.43 bits per heavy atom. The van der Waals surface area contributed by atoms with Crippen LogP contribution in [0, 0.1) is 6.92 Å². The minimum absolute atomic E-state index is 0.275. The normalized spacial score (nSPS) is 18.4. The molecule has 1 fully saturated rings. The molecule has 1 unspecified atom stereocenters. The summed E-state index contributed by atoms with van der Waals surface area (Å²) in [5.41, 5.74) is 2.64. The van der Waals surface area contributed by atoms with Gasteiger partial charge in [0, 0.05) is 44.7 Å². The van der Waals surface area contributed by atoms with E-state index in [4.69, 9.17) is 4.74 Å². The van der Waals surface area contributed by atoms with Gasteiger partial charge in [-0.1, -0.05) is 29.8 Å². The molecule has 7 heteroatoms. The first-order valence-corrected chi connectivity index (χ1v) is 12.0. The van der Waals surface area contributed by atoms with Crippen molar-refractivity contribution >= 4 is 21.8 Å². The summed E-state index contributed by atoms with van der Waals surface area (Å²) in [6, 6.07) is 15.8. The standard InChI is InChI=1S/C21H28N2O3S2/c1-17-4-6-18(7-5-17)21-16-27-15-13-23(21)12-14-26-19-8-10-20(11-9-19)28(24,25)22(2)3/h4-11,21H,12-16H2,1-3H3. The summed E-state index contributed by atoms with van der Waals surface area (Å²) < 4.78 is 31.4.